The van der Waals surface area contributed by atoms with Crippen molar-refractivity contribution in [1.29, 1.82) is 0 Å². The number of hydrogen-bond donors (Lipinski definition) is 1. The Labute approximate surface area is 122 Å². The lowest BCUT2D eigenvalue weighted by molar-refractivity contribution is -0.119. The summed E-state index contributed by atoms with van der Waals surface area (Å²) in [7, 11) is 1.43. The molecule has 0 aliphatic rings. The third kappa shape index (κ3) is 5.66. The van der Waals surface area contributed by atoms with E-state index in [1.54, 1.807) is 0 Å². The van der Waals surface area contributed by atoms with Gasteiger partial charge in [0.15, 0.2) is 5.13 Å². The van der Waals surface area contributed by atoms with Crippen LogP contribution in [-0.2, 0) is 13.0 Å². The number of nitrogens with one attached hydrogen (secondary N) is 1. The van der Waals surface area contributed by atoms with Gasteiger partial charge < -0.3 is 10.2 Å². The van der Waals surface area contributed by atoms with E-state index in [0.717, 1.165) is 23.4 Å². The summed E-state index contributed by atoms with van der Waals surface area (Å²) in [5, 5.41) is 3.73. The van der Waals surface area contributed by atoms with Gasteiger partial charge in [-0.15, -0.1) is 11.3 Å². The lowest BCUT2D eigenvalue weighted by atomic mass is 10.2. The molecule has 0 atom stereocenters. The van der Waals surface area contributed by atoms with Crippen molar-refractivity contribution in [3.05, 3.63) is 10.6 Å². The van der Waals surface area contributed by atoms with Crippen LogP contribution in [0.1, 0.15) is 37.8 Å². The van der Waals surface area contributed by atoms with Crippen molar-refractivity contribution in [2.45, 2.75) is 52.4 Å². The van der Waals surface area contributed by atoms with Crippen LogP contribution in [-0.4, -0.2) is 30.8 Å². The average Bonchev–Trinajstić information content (AvgIpc) is 2.68. The second-order valence-electron chi connectivity index (χ2n) is 5.12. The molecule has 20 heavy (non-hydrogen) atoms. The van der Waals surface area contributed by atoms with Crippen molar-refractivity contribution in [1.82, 2.24) is 10.3 Å². The van der Waals surface area contributed by atoms with E-state index in [4.69, 9.17) is 0 Å². The molecule has 0 radical (unpaired) electrons. The van der Waals surface area contributed by atoms with Gasteiger partial charge in [-0.05, 0) is 6.42 Å². The number of aryl methyl sites for hydroxylation is 1. The van der Waals surface area contributed by atoms with Crippen molar-refractivity contribution >= 4 is 16.5 Å². The van der Waals surface area contributed by atoms with Gasteiger partial charge in [-0.25, -0.2) is 4.98 Å². The fraction of sp³-hybridized carbons (Fsp3) is 0.769. The van der Waals surface area contributed by atoms with Crippen molar-refractivity contribution in [2.75, 3.05) is 18.5 Å². The minimum atomic E-state index is -4.21. The highest BCUT2D eigenvalue weighted by molar-refractivity contribution is 7.15. The molecular weight excluding hydrogens is 287 g/mol. The summed E-state index contributed by atoms with van der Waals surface area (Å²) in [5.74, 6) is 0. The third-order valence-corrected chi connectivity index (χ3v) is 3.88. The van der Waals surface area contributed by atoms with E-state index >= 15 is 0 Å². The van der Waals surface area contributed by atoms with Gasteiger partial charge >= 0.3 is 6.18 Å². The molecular formula is C13H22F3N3S. The molecule has 0 saturated heterocycles. The molecule has 0 saturated carbocycles. The van der Waals surface area contributed by atoms with Crippen molar-refractivity contribution in [2.24, 2.45) is 0 Å². The fourth-order valence-corrected chi connectivity index (χ4v) is 2.75. The van der Waals surface area contributed by atoms with Crippen molar-refractivity contribution in [3.8, 4) is 0 Å². The minimum absolute atomic E-state index is 0.336. The predicted molar refractivity (Wildman–Crippen MR) is 77.4 cm³/mol. The predicted octanol–water partition coefficient (Wildman–Crippen LogP) is 3.59. The third-order valence-electron chi connectivity index (χ3n) is 2.67. The van der Waals surface area contributed by atoms with Crippen LogP contribution in [0.15, 0.2) is 0 Å². The molecule has 1 rings (SSSR count). The van der Waals surface area contributed by atoms with E-state index in [-0.39, 0.29) is 0 Å². The van der Waals surface area contributed by atoms with Crippen LogP contribution in [0, 0.1) is 0 Å². The molecule has 0 fully saturated rings. The average molecular weight is 309 g/mol. The molecule has 1 aromatic heterocycles. The van der Waals surface area contributed by atoms with Crippen LogP contribution in [0.4, 0.5) is 18.3 Å². The zero-order chi connectivity index (χ0) is 15.3. The highest BCUT2D eigenvalue weighted by Crippen LogP contribution is 2.29. The molecule has 1 aromatic rings. The van der Waals surface area contributed by atoms with E-state index in [0.29, 0.717) is 17.7 Å². The first-order valence-electron chi connectivity index (χ1n) is 6.72. The van der Waals surface area contributed by atoms with Crippen molar-refractivity contribution < 1.29 is 13.2 Å². The van der Waals surface area contributed by atoms with E-state index in [1.165, 1.54) is 23.3 Å². The molecule has 1 N–H and O–H groups in total. The first-order valence-corrected chi connectivity index (χ1v) is 7.54. The molecule has 0 amide bonds. The van der Waals surface area contributed by atoms with E-state index in [1.807, 2.05) is 20.8 Å². The normalized spacial score (nSPS) is 12.2. The van der Waals surface area contributed by atoms with E-state index < -0.39 is 12.7 Å². The topological polar surface area (TPSA) is 28.2 Å². The Morgan fingerprint density at radius 1 is 1.35 bits per heavy atom. The largest absolute Gasteiger partial charge is 0.405 e. The van der Waals surface area contributed by atoms with Gasteiger partial charge in [0, 0.05) is 24.5 Å². The van der Waals surface area contributed by atoms with Gasteiger partial charge in [-0.3, -0.25) is 0 Å². The Kier molecular flexibility index (Phi) is 6.26. The summed E-state index contributed by atoms with van der Waals surface area (Å²) in [4.78, 5) is 6.57. The molecule has 116 valence electrons. The molecule has 0 bridgehead atoms. The Balaban J connectivity index is 2.84. The molecule has 0 aliphatic carbocycles. The fourth-order valence-electron chi connectivity index (χ4n) is 1.74. The van der Waals surface area contributed by atoms with Crippen molar-refractivity contribution in [3.63, 3.8) is 0 Å². The smallest absolute Gasteiger partial charge is 0.342 e. The van der Waals surface area contributed by atoms with Crippen LogP contribution < -0.4 is 10.2 Å². The highest BCUT2D eigenvalue weighted by atomic mass is 32.1. The Bertz CT molecular complexity index is 415. The van der Waals surface area contributed by atoms with Gasteiger partial charge in [0.2, 0.25) is 0 Å². The first-order chi connectivity index (χ1) is 9.23. The number of aromatic nitrogens is 1. The number of alkyl halides is 3. The second-order valence-corrected chi connectivity index (χ2v) is 6.19. The zero-order valence-corrected chi connectivity index (χ0v) is 13.2. The lowest BCUT2D eigenvalue weighted by Gasteiger charge is -2.17. The van der Waals surface area contributed by atoms with Gasteiger partial charge in [0.25, 0.3) is 0 Å². The molecule has 0 unspecified atom stereocenters. The van der Waals surface area contributed by atoms with Gasteiger partial charge in [-0.1, -0.05) is 27.2 Å². The van der Waals surface area contributed by atoms with Gasteiger partial charge in [-0.2, -0.15) is 13.2 Å². The Morgan fingerprint density at radius 3 is 2.50 bits per heavy atom. The molecule has 0 spiro atoms. The minimum Gasteiger partial charge on any atom is -0.342 e. The number of thiazole rings is 1. The maximum absolute atomic E-state index is 12.4. The van der Waals surface area contributed by atoms with E-state index in [9.17, 15) is 13.2 Å². The van der Waals surface area contributed by atoms with Gasteiger partial charge in [0.05, 0.1) is 5.69 Å². The van der Waals surface area contributed by atoms with Gasteiger partial charge in [0.1, 0.15) is 6.54 Å². The summed E-state index contributed by atoms with van der Waals surface area (Å²) in [6.07, 6.45) is -2.48. The molecule has 1 heterocycles. The summed E-state index contributed by atoms with van der Waals surface area (Å²) < 4.78 is 37.3. The lowest BCUT2D eigenvalue weighted by Crippen LogP contribution is -2.30. The quantitative estimate of drug-likeness (QED) is 0.834. The summed E-state index contributed by atoms with van der Waals surface area (Å²) >= 11 is 1.34. The zero-order valence-electron chi connectivity index (χ0n) is 12.3. The second kappa shape index (κ2) is 7.26. The maximum Gasteiger partial charge on any atom is 0.405 e. The standard InChI is InChI=1S/C13H22F3N3S/c1-5-6-10-11(7-17-9(2)3)20-12(18-10)19(4)8-13(14,15)16/h9,17H,5-8H2,1-4H3. The summed E-state index contributed by atoms with van der Waals surface area (Å²) in [6, 6.07) is 0.336. The van der Waals surface area contributed by atoms with Crippen LogP contribution in [0.2, 0.25) is 0 Å². The Hall–Kier alpha value is -0.820. The number of halogens is 3. The van der Waals surface area contributed by atoms with Crippen LogP contribution >= 0.6 is 11.3 Å². The monoisotopic (exact) mass is 309 g/mol. The molecule has 0 aliphatic heterocycles. The molecule has 0 aromatic carbocycles. The first kappa shape index (κ1) is 17.2. The molecule has 3 nitrogen and oxygen atoms in total. The number of anilines is 1. The van der Waals surface area contributed by atoms with E-state index in [2.05, 4.69) is 10.3 Å². The maximum atomic E-state index is 12.4. The number of rotatable bonds is 7. The summed E-state index contributed by atoms with van der Waals surface area (Å²) in [6.45, 7) is 5.81. The summed E-state index contributed by atoms with van der Waals surface area (Å²) in [5.41, 5.74) is 0.912. The SMILES string of the molecule is CCCc1nc(N(C)CC(F)(F)F)sc1CNC(C)C. The van der Waals surface area contributed by atoms with Crippen LogP contribution in [0.3, 0.4) is 0 Å². The number of nitrogens with zero attached hydrogens (tertiary/aromatic N) is 2. The Morgan fingerprint density at radius 2 is 2.00 bits per heavy atom. The van der Waals surface area contributed by atoms with Crippen LogP contribution in [0.5, 0.6) is 0 Å². The highest BCUT2D eigenvalue weighted by Gasteiger charge is 2.30. The molecule has 7 heteroatoms. The number of hydrogen-bond acceptors (Lipinski definition) is 4. The van der Waals surface area contributed by atoms with Crippen LogP contribution in [0.25, 0.3) is 0 Å².